The van der Waals surface area contributed by atoms with E-state index in [1.165, 1.54) is 0 Å². The number of aliphatic hydroxyl groups is 1. The van der Waals surface area contributed by atoms with Crippen LogP contribution in [0.1, 0.15) is 5.56 Å². The van der Waals surface area contributed by atoms with Crippen LogP contribution >= 0.6 is 0 Å². The Balaban J connectivity index is 2.40. The zero-order chi connectivity index (χ0) is 9.52. The molecule has 0 heterocycles. The number of hydrogen-bond acceptors (Lipinski definition) is 2. The lowest BCUT2D eigenvalue weighted by atomic mass is 10.2. The molecule has 68 valence electrons. The van der Waals surface area contributed by atoms with E-state index >= 15 is 0 Å². The average molecular weight is 175 g/mol. The third kappa shape index (κ3) is 3.29. The van der Waals surface area contributed by atoms with Crippen molar-refractivity contribution in [1.82, 2.24) is 5.32 Å². The van der Waals surface area contributed by atoms with Crippen LogP contribution in [0.2, 0.25) is 0 Å². The van der Waals surface area contributed by atoms with Crippen LogP contribution in [0, 0.1) is 12.3 Å². The van der Waals surface area contributed by atoms with Crippen molar-refractivity contribution in [3.8, 4) is 12.3 Å². The quantitative estimate of drug-likeness (QED) is 0.662. The van der Waals surface area contributed by atoms with E-state index in [0.717, 1.165) is 5.56 Å². The number of nitrogens with one attached hydrogen (secondary N) is 1. The van der Waals surface area contributed by atoms with Gasteiger partial charge in [-0.1, -0.05) is 36.3 Å². The fourth-order valence-corrected chi connectivity index (χ4v) is 1.01. The van der Waals surface area contributed by atoms with Gasteiger partial charge in [0.1, 0.15) is 0 Å². The van der Waals surface area contributed by atoms with Gasteiger partial charge in [0.05, 0.1) is 12.6 Å². The van der Waals surface area contributed by atoms with Crippen molar-refractivity contribution in [3.63, 3.8) is 0 Å². The molecule has 0 aromatic heterocycles. The Kier molecular flexibility index (Phi) is 4.04. The summed E-state index contributed by atoms with van der Waals surface area (Å²) < 4.78 is 0. The summed E-state index contributed by atoms with van der Waals surface area (Å²) in [5, 5.41) is 11.8. The molecule has 2 nitrogen and oxygen atoms in total. The Bertz CT molecular complexity index is 276. The molecule has 1 atom stereocenters. The largest absolute Gasteiger partial charge is 0.394 e. The second-order valence-electron chi connectivity index (χ2n) is 2.77. The summed E-state index contributed by atoms with van der Waals surface area (Å²) >= 11 is 0. The molecule has 1 rings (SSSR count). The number of aliphatic hydroxyl groups excluding tert-OH is 1. The predicted molar refractivity (Wildman–Crippen MR) is 53.0 cm³/mol. The summed E-state index contributed by atoms with van der Waals surface area (Å²) in [6.07, 6.45) is 5.17. The van der Waals surface area contributed by atoms with Crippen molar-refractivity contribution in [2.45, 2.75) is 12.6 Å². The SMILES string of the molecule is C#C[C@@H](CO)NCc1ccccc1. The van der Waals surface area contributed by atoms with Gasteiger partial charge >= 0.3 is 0 Å². The molecule has 1 aromatic rings. The first-order valence-corrected chi connectivity index (χ1v) is 4.21. The minimum Gasteiger partial charge on any atom is -0.394 e. The van der Waals surface area contributed by atoms with Crippen LogP contribution in [0.3, 0.4) is 0 Å². The Morgan fingerprint density at radius 3 is 2.62 bits per heavy atom. The molecule has 1 aromatic carbocycles. The molecule has 0 spiro atoms. The van der Waals surface area contributed by atoms with Gasteiger partial charge in [0.25, 0.3) is 0 Å². The summed E-state index contributed by atoms with van der Waals surface area (Å²) in [6, 6.07) is 9.69. The van der Waals surface area contributed by atoms with E-state index in [-0.39, 0.29) is 12.6 Å². The second-order valence-corrected chi connectivity index (χ2v) is 2.77. The van der Waals surface area contributed by atoms with Crippen molar-refractivity contribution in [2.75, 3.05) is 6.61 Å². The molecule has 0 saturated carbocycles. The van der Waals surface area contributed by atoms with Crippen LogP contribution in [0.25, 0.3) is 0 Å². The van der Waals surface area contributed by atoms with Gasteiger partial charge in [-0.2, -0.15) is 0 Å². The van der Waals surface area contributed by atoms with Gasteiger partial charge in [-0.25, -0.2) is 0 Å². The lowest BCUT2D eigenvalue weighted by Crippen LogP contribution is -2.30. The molecule has 0 aliphatic carbocycles. The highest BCUT2D eigenvalue weighted by molar-refractivity contribution is 5.15. The molecule has 2 heteroatoms. The van der Waals surface area contributed by atoms with Crippen molar-refractivity contribution in [3.05, 3.63) is 35.9 Å². The highest BCUT2D eigenvalue weighted by Gasteiger charge is 2.00. The summed E-state index contributed by atoms with van der Waals surface area (Å²) in [7, 11) is 0. The molecule has 13 heavy (non-hydrogen) atoms. The summed E-state index contributed by atoms with van der Waals surface area (Å²) in [6.45, 7) is 0.666. The molecular formula is C11H13NO. The smallest absolute Gasteiger partial charge is 0.0923 e. The van der Waals surface area contributed by atoms with Gasteiger partial charge < -0.3 is 5.11 Å². The molecule has 2 N–H and O–H groups in total. The predicted octanol–water partition coefficient (Wildman–Crippen LogP) is 0.770. The van der Waals surface area contributed by atoms with Gasteiger partial charge in [-0.3, -0.25) is 5.32 Å². The molecular weight excluding hydrogens is 162 g/mol. The van der Waals surface area contributed by atoms with Crippen molar-refractivity contribution in [2.24, 2.45) is 0 Å². The molecule has 0 unspecified atom stereocenters. The summed E-state index contributed by atoms with van der Waals surface area (Å²) in [5.41, 5.74) is 1.16. The van der Waals surface area contributed by atoms with Gasteiger partial charge in [0.2, 0.25) is 0 Å². The highest BCUT2D eigenvalue weighted by Crippen LogP contribution is 1.97. The topological polar surface area (TPSA) is 32.3 Å². The zero-order valence-electron chi connectivity index (χ0n) is 7.40. The molecule has 0 fully saturated rings. The molecule has 0 bridgehead atoms. The van der Waals surface area contributed by atoms with Gasteiger partial charge in [0, 0.05) is 6.54 Å². The zero-order valence-corrected chi connectivity index (χ0v) is 7.40. The van der Waals surface area contributed by atoms with E-state index in [1.807, 2.05) is 30.3 Å². The monoisotopic (exact) mass is 175 g/mol. The van der Waals surface area contributed by atoms with E-state index in [9.17, 15) is 0 Å². The first-order chi connectivity index (χ1) is 6.36. The van der Waals surface area contributed by atoms with Crippen LogP contribution < -0.4 is 5.32 Å². The second kappa shape index (κ2) is 5.36. The maximum absolute atomic E-state index is 8.80. The number of rotatable bonds is 4. The minimum absolute atomic E-state index is 0.0245. The lowest BCUT2D eigenvalue weighted by molar-refractivity contribution is 0.268. The maximum atomic E-state index is 8.80. The van der Waals surface area contributed by atoms with E-state index in [0.29, 0.717) is 6.54 Å². The Morgan fingerprint density at radius 1 is 1.38 bits per heavy atom. The summed E-state index contributed by atoms with van der Waals surface area (Å²) in [5.74, 6) is 2.46. The average Bonchev–Trinajstić information content (AvgIpc) is 2.21. The third-order valence-electron chi connectivity index (χ3n) is 1.78. The van der Waals surface area contributed by atoms with Crippen LogP contribution in [0.15, 0.2) is 30.3 Å². The standard InChI is InChI=1S/C11H13NO/c1-2-11(9-13)12-8-10-6-4-3-5-7-10/h1,3-7,11-13H,8-9H2/t11-/m0/s1. The number of hydrogen-bond donors (Lipinski definition) is 2. The normalized spacial score (nSPS) is 12.0. The van der Waals surface area contributed by atoms with E-state index < -0.39 is 0 Å². The van der Waals surface area contributed by atoms with Crippen molar-refractivity contribution in [1.29, 1.82) is 0 Å². The lowest BCUT2D eigenvalue weighted by Gasteiger charge is -2.09. The number of benzene rings is 1. The molecule has 0 aliphatic heterocycles. The van der Waals surface area contributed by atoms with Gasteiger partial charge in [-0.15, -0.1) is 6.42 Å². The Labute approximate surface area is 78.6 Å². The first-order valence-electron chi connectivity index (χ1n) is 4.21. The highest BCUT2D eigenvalue weighted by atomic mass is 16.3. The fourth-order valence-electron chi connectivity index (χ4n) is 1.01. The Morgan fingerprint density at radius 2 is 2.08 bits per heavy atom. The van der Waals surface area contributed by atoms with Crippen LogP contribution in [-0.4, -0.2) is 17.8 Å². The van der Waals surface area contributed by atoms with E-state index in [1.54, 1.807) is 0 Å². The van der Waals surface area contributed by atoms with E-state index in [2.05, 4.69) is 11.2 Å². The molecule has 0 saturated heterocycles. The van der Waals surface area contributed by atoms with Crippen molar-refractivity contribution >= 4 is 0 Å². The molecule has 0 aliphatic rings. The molecule has 0 amide bonds. The van der Waals surface area contributed by atoms with Crippen molar-refractivity contribution < 1.29 is 5.11 Å². The number of terminal acetylenes is 1. The molecule has 0 radical (unpaired) electrons. The summed E-state index contributed by atoms with van der Waals surface area (Å²) in [4.78, 5) is 0. The van der Waals surface area contributed by atoms with Crippen LogP contribution in [0.4, 0.5) is 0 Å². The third-order valence-corrected chi connectivity index (χ3v) is 1.78. The van der Waals surface area contributed by atoms with Gasteiger partial charge in [0.15, 0.2) is 0 Å². The van der Waals surface area contributed by atoms with Crippen LogP contribution in [0.5, 0.6) is 0 Å². The first kappa shape index (κ1) is 9.79. The Hall–Kier alpha value is -1.30. The maximum Gasteiger partial charge on any atom is 0.0923 e. The van der Waals surface area contributed by atoms with Gasteiger partial charge in [-0.05, 0) is 5.56 Å². The fraction of sp³-hybridized carbons (Fsp3) is 0.273. The van der Waals surface area contributed by atoms with Crippen LogP contribution in [-0.2, 0) is 6.54 Å². The van der Waals surface area contributed by atoms with E-state index in [4.69, 9.17) is 11.5 Å². The minimum atomic E-state index is -0.250.